The Kier molecular flexibility index (Phi) is 9.21. The molecule has 0 radical (unpaired) electrons. The number of halogens is 3. The third-order valence-electron chi connectivity index (χ3n) is 8.46. The summed E-state index contributed by atoms with van der Waals surface area (Å²) in [6, 6.07) is 9.12. The van der Waals surface area contributed by atoms with Gasteiger partial charge in [0, 0.05) is 79.7 Å². The van der Waals surface area contributed by atoms with E-state index in [0.29, 0.717) is 48.7 Å². The quantitative estimate of drug-likeness (QED) is 0.251. The molecule has 0 unspecified atom stereocenters. The van der Waals surface area contributed by atoms with Gasteiger partial charge in [-0.15, -0.1) is 0 Å². The SMILES string of the molecule is CNc1ccc(-c2ccn3c([C@H](C)N4CCN(CC(F)(F)F)CC4)c(C)c(C(=O)NCc4c(OC)cc(C)[nH]c4=O)cc23)cn1. The fourth-order valence-corrected chi connectivity index (χ4v) is 6.10. The average Bonchev–Trinajstić information content (AvgIpc) is 3.42. The number of alkyl halides is 3. The predicted octanol–water partition coefficient (Wildman–Crippen LogP) is 4.53. The third kappa shape index (κ3) is 6.84. The standard InChI is InChI=1S/C32H38F3N7O3/c1-19-14-27(45-5)25(31(44)39-19)17-38-30(43)24-15-26-23(22-6-7-28(36-4)37-16-22)8-9-42(26)29(20(24)2)21(3)41-12-10-40(11-13-41)18-32(33,34)35/h6-9,14-16,21H,10-13,17-18H2,1-5H3,(H,36,37)(H,38,43)(H,39,44)/t21-/m0/s1. The van der Waals surface area contributed by atoms with E-state index in [2.05, 4.69) is 25.5 Å². The lowest BCUT2D eigenvalue weighted by molar-refractivity contribution is -0.149. The average molecular weight is 626 g/mol. The van der Waals surface area contributed by atoms with E-state index in [4.69, 9.17) is 4.74 Å². The number of amides is 1. The molecule has 3 N–H and O–H groups in total. The van der Waals surface area contributed by atoms with Crippen molar-refractivity contribution in [2.45, 2.75) is 39.5 Å². The van der Waals surface area contributed by atoms with Gasteiger partial charge in [0.25, 0.3) is 11.5 Å². The Morgan fingerprint density at radius 3 is 2.49 bits per heavy atom. The number of methoxy groups -OCH3 is 1. The first-order chi connectivity index (χ1) is 21.4. The molecule has 0 bridgehead atoms. The molecule has 45 heavy (non-hydrogen) atoms. The van der Waals surface area contributed by atoms with Crippen molar-refractivity contribution >= 4 is 17.2 Å². The van der Waals surface area contributed by atoms with Crippen LogP contribution < -0.4 is 20.9 Å². The number of fused-ring (bicyclic) bond motifs is 1. The molecule has 1 aliphatic rings. The van der Waals surface area contributed by atoms with Crippen molar-refractivity contribution in [1.82, 2.24) is 29.5 Å². The molecule has 1 amide bonds. The van der Waals surface area contributed by atoms with Crippen molar-refractivity contribution in [2.24, 2.45) is 0 Å². The molecule has 0 aliphatic carbocycles. The van der Waals surface area contributed by atoms with Gasteiger partial charge in [0.05, 0.1) is 31.3 Å². The van der Waals surface area contributed by atoms with Gasteiger partial charge >= 0.3 is 6.18 Å². The summed E-state index contributed by atoms with van der Waals surface area (Å²) in [6.45, 7) is 6.16. The Morgan fingerprint density at radius 1 is 1.13 bits per heavy atom. The molecule has 10 nitrogen and oxygen atoms in total. The number of aromatic amines is 1. The minimum absolute atomic E-state index is 0.0441. The fourth-order valence-electron chi connectivity index (χ4n) is 6.10. The lowest BCUT2D eigenvalue weighted by atomic mass is 9.99. The maximum atomic E-state index is 13.8. The number of anilines is 1. The van der Waals surface area contributed by atoms with Gasteiger partial charge in [0.1, 0.15) is 11.6 Å². The highest BCUT2D eigenvalue weighted by molar-refractivity contribution is 5.98. The van der Waals surface area contributed by atoms with Gasteiger partial charge in [-0.05, 0) is 56.7 Å². The van der Waals surface area contributed by atoms with Crippen molar-refractivity contribution in [3.05, 3.63) is 81.2 Å². The number of H-pyrrole nitrogens is 1. The first-order valence-corrected chi connectivity index (χ1v) is 14.8. The number of hydrogen-bond acceptors (Lipinski definition) is 7. The summed E-state index contributed by atoms with van der Waals surface area (Å²) in [7, 11) is 3.26. The van der Waals surface area contributed by atoms with Gasteiger partial charge in [0.15, 0.2) is 0 Å². The van der Waals surface area contributed by atoms with E-state index in [1.165, 1.54) is 12.0 Å². The number of hydrogen-bond donors (Lipinski definition) is 3. The highest BCUT2D eigenvalue weighted by Gasteiger charge is 2.34. The van der Waals surface area contributed by atoms with E-state index in [1.807, 2.05) is 48.7 Å². The second kappa shape index (κ2) is 12.9. The summed E-state index contributed by atoms with van der Waals surface area (Å²) in [5.41, 5.74) is 5.16. The van der Waals surface area contributed by atoms with Gasteiger partial charge < -0.3 is 24.8 Å². The second-order valence-electron chi connectivity index (χ2n) is 11.3. The molecule has 4 aromatic heterocycles. The van der Waals surface area contributed by atoms with E-state index in [-0.39, 0.29) is 24.1 Å². The molecule has 1 atom stereocenters. The number of pyridine rings is 3. The van der Waals surface area contributed by atoms with Gasteiger partial charge in [0.2, 0.25) is 0 Å². The van der Waals surface area contributed by atoms with Gasteiger partial charge in [-0.2, -0.15) is 13.2 Å². The van der Waals surface area contributed by atoms with Crippen LogP contribution in [0, 0.1) is 13.8 Å². The number of nitrogens with one attached hydrogen (secondary N) is 3. The van der Waals surface area contributed by atoms with Crippen LogP contribution in [0.4, 0.5) is 19.0 Å². The Balaban J connectivity index is 1.53. The topological polar surface area (TPSA) is 107 Å². The number of ether oxygens (including phenoxy) is 1. The normalized spacial score (nSPS) is 15.3. The lowest BCUT2D eigenvalue weighted by Gasteiger charge is -2.39. The van der Waals surface area contributed by atoms with Crippen LogP contribution in [-0.4, -0.2) is 83.1 Å². The van der Waals surface area contributed by atoms with Gasteiger partial charge in [-0.3, -0.25) is 19.4 Å². The van der Waals surface area contributed by atoms with Gasteiger partial charge in [-0.1, -0.05) is 0 Å². The Hall–Kier alpha value is -4.36. The predicted molar refractivity (Wildman–Crippen MR) is 167 cm³/mol. The monoisotopic (exact) mass is 625 g/mol. The molecule has 4 aromatic rings. The smallest absolute Gasteiger partial charge is 0.401 e. The van der Waals surface area contributed by atoms with Crippen molar-refractivity contribution in [3.8, 4) is 16.9 Å². The second-order valence-corrected chi connectivity index (χ2v) is 11.3. The molecule has 0 saturated carbocycles. The first-order valence-electron chi connectivity index (χ1n) is 14.8. The van der Waals surface area contributed by atoms with Crippen LogP contribution in [0.5, 0.6) is 5.75 Å². The molecule has 240 valence electrons. The van der Waals surface area contributed by atoms with Crippen LogP contribution in [0.3, 0.4) is 0 Å². The number of aryl methyl sites for hydroxylation is 1. The number of aromatic nitrogens is 3. The van der Waals surface area contributed by atoms with Crippen LogP contribution in [0.1, 0.15) is 45.8 Å². The van der Waals surface area contributed by atoms with Crippen molar-refractivity contribution < 1.29 is 22.7 Å². The molecule has 13 heteroatoms. The maximum Gasteiger partial charge on any atom is 0.401 e. The van der Waals surface area contributed by atoms with Crippen LogP contribution in [0.25, 0.3) is 16.6 Å². The molecule has 1 saturated heterocycles. The maximum absolute atomic E-state index is 13.8. The first kappa shape index (κ1) is 32.0. The Labute approximate surface area is 259 Å². The summed E-state index contributed by atoms with van der Waals surface area (Å²) in [6.07, 6.45) is -0.527. The zero-order chi connectivity index (χ0) is 32.5. The van der Waals surface area contributed by atoms with E-state index in [1.54, 1.807) is 26.2 Å². The molecular weight excluding hydrogens is 587 g/mol. The van der Waals surface area contributed by atoms with Crippen LogP contribution in [0.15, 0.2) is 47.5 Å². The molecule has 5 rings (SSSR count). The number of rotatable bonds is 9. The summed E-state index contributed by atoms with van der Waals surface area (Å²) in [4.78, 5) is 37.3. The zero-order valence-corrected chi connectivity index (χ0v) is 26.0. The summed E-state index contributed by atoms with van der Waals surface area (Å²) in [5, 5.41) is 5.91. The highest BCUT2D eigenvalue weighted by Crippen LogP contribution is 2.34. The number of carbonyl (C=O) groups is 1. The van der Waals surface area contributed by atoms with E-state index in [9.17, 15) is 22.8 Å². The molecule has 1 fully saturated rings. The zero-order valence-electron chi connectivity index (χ0n) is 26.0. The molecule has 1 aliphatic heterocycles. The van der Waals surface area contributed by atoms with Crippen molar-refractivity contribution in [3.63, 3.8) is 0 Å². The minimum atomic E-state index is -4.24. The summed E-state index contributed by atoms with van der Waals surface area (Å²) in [5.74, 6) is 0.740. The highest BCUT2D eigenvalue weighted by atomic mass is 19.4. The summed E-state index contributed by atoms with van der Waals surface area (Å²) >= 11 is 0. The van der Waals surface area contributed by atoms with E-state index >= 15 is 0 Å². The largest absolute Gasteiger partial charge is 0.496 e. The van der Waals surface area contributed by atoms with Crippen LogP contribution >= 0.6 is 0 Å². The number of carbonyl (C=O) groups excluding carboxylic acids is 1. The van der Waals surface area contributed by atoms with Gasteiger partial charge in [-0.25, -0.2) is 4.98 Å². The van der Waals surface area contributed by atoms with E-state index < -0.39 is 12.7 Å². The summed E-state index contributed by atoms with van der Waals surface area (Å²) < 4.78 is 46.5. The minimum Gasteiger partial charge on any atom is -0.496 e. The Bertz CT molecular complexity index is 1740. The molecule has 0 aromatic carbocycles. The van der Waals surface area contributed by atoms with E-state index in [0.717, 1.165) is 33.7 Å². The molecule has 5 heterocycles. The van der Waals surface area contributed by atoms with Crippen LogP contribution in [0.2, 0.25) is 0 Å². The third-order valence-corrected chi connectivity index (χ3v) is 8.46. The van der Waals surface area contributed by atoms with Crippen molar-refractivity contribution in [2.75, 3.05) is 52.2 Å². The number of piperazine rings is 1. The van der Waals surface area contributed by atoms with Crippen LogP contribution in [-0.2, 0) is 6.54 Å². The molecular formula is C32H38F3N7O3. The lowest BCUT2D eigenvalue weighted by Crippen LogP contribution is -2.49. The fraction of sp³-hybridized carbons (Fsp3) is 0.406. The van der Waals surface area contributed by atoms with Crippen molar-refractivity contribution in [1.29, 1.82) is 0 Å². The number of nitrogens with zero attached hydrogens (tertiary/aromatic N) is 4. The molecule has 0 spiro atoms. The Morgan fingerprint density at radius 2 is 1.87 bits per heavy atom.